The molecule has 0 saturated carbocycles. The molecule has 1 saturated heterocycles. The minimum Gasteiger partial charge on any atom is -0.377 e. The van der Waals surface area contributed by atoms with Crippen LogP contribution >= 0.6 is 0 Å². The summed E-state index contributed by atoms with van der Waals surface area (Å²) in [7, 11) is 0. The predicted octanol–water partition coefficient (Wildman–Crippen LogP) is 0.364. The number of ether oxygens (including phenoxy) is 1. The standard InChI is InChI=1S/C8H11N3O3/c12-11(13)8-2-1-3-10(8)9-4-6-14-7-5-9/h1-3H,4-7H2. The van der Waals surface area contributed by atoms with Crippen LogP contribution < -0.4 is 5.01 Å². The normalized spacial score (nSPS) is 17.0. The number of hydrogen-bond acceptors (Lipinski definition) is 4. The van der Waals surface area contributed by atoms with Crippen LogP contribution in [-0.2, 0) is 4.74 Å². The molecule has 6 nitrogen and oxygen atoms in total. The van der Waals surface area contributed by atoms with Gasteiger partial charge in [0.2, 0.25) is 0 Å². The molecule has 0 aromatic carbocycles. The first-order valence-electron chi connectivity index (χ1n) is 4.44. The quantitative estimate of drug-likeness (QED) is 0.507. The fraction of sp³-hybridized carbons (Fsp3) is 0.500. The highest BCUT2D eigenvalue weighted by Crippen LogP contribution is 2.13. The van der Waals surface area contributed by atoms with Crippen LogP contribution in [0.5, 0.6) is 0 Å². The molecule has 0 amide bonds. The van der Waals surface area contributed by atoms with Crippen LogP contribution in [-0.4, -0.2) is 35.9 Å². The van der Waals surface area contributed by atoms with Crippen molar-refractivity contribution in [3.05, 3.63) is 28.4 Å². The average Bonchev–Trinajstić information content (AvgIpc) is 2.67. The van der Waals surface area contributed by atoms with Crippen molar-refractivity contribution in [1.29, 1.82) is 0 Å². The molecule has 0 radical (unpaired) electrons. The van der Waals surface area contributed by atoms with Gasteiger partial charge in [-0.1, -0.05) is 0 Å². The maximum atomic E-state index is 10.7. The summed E-state index contributed by atoms with van der Waals surface area (Å²) >= 11 is 0. The highest BCUT2D eigenvalue weighted by atomic mass is 16.6. The van der Waals surface area contributed by atoms with Gasteiger partial charge in [0.1, 0.15) is 6.20 Å². The fourth-order valence-electron chi connectivity index (χ4n) is 1.52. The fourth-order valence-corrected chi connectivity index (χ4v) is 1.52. The molecular formula is C8H11N3O3. The van der Waals surface area contributed by atoms with Gasteiger partial charge in [-0.2, -0.15) is 0 Å². The summed E-state index contributed by atoms with van der Waals surface area (Å²) in [5.74, 6) is 0.104. The molecule has 14 heavy (non-hydrogen) atoms. The van der Waals surface area contributed by atoms with E-state index < -0.39 is 0 Å². The lowest BCUT2D eigenvalue weighted by Gasteiger charge is -2.25. The van der Waals surface area contributed by atoms with E-state index in [4.69, 9.17) is 4.74 Å². The third-order valence-electron chi connectivity index (χ3n) is 2.19. The van der Waals surface area contributed by atoms with Crippen molar-refractivity contribution in [2.24, 2.45) is 0 Å². The monoisotopic (exact) mass is 197 g/mol. The van der Waals surface area contributed by atoms with Crippen molar-refractivity contribution in [3.8, 4) is 0 Å². The Labute approximate surface area is 80.8 Å². The Hall–Kier alpha value is -1.56. The lowest BCUT2D eigenvalue weighted by Crippen LogP contribution is -2.43. The maximum Gasteiger partial charge on any atom is 0.346 e. The van der Waals surface area contributed by atoms with E-state index in [0.29, 0.717) is 26.3 Å². The number of nitro groups is 1. The lowest BCUT2D eigenvalue weighted by molar-refractivity contribution is -0.392. The van der Waals surface area contributed by atoms with Gasteiger partial charge in [-0.3, -0.25) is 0 Å². The molecule has 2 rings (SSSR count). The second-order valence-corrected chi connectivity index (χ2v) is 3.03. The van der Waals surface area contributed by atoms with E-state index in [1.54, 1.807) is 16.9 Å². The SMILES string of the molecule is O=[N+]([O-])c1cccn1N1CCOCC1. The maximum absolute atomic E-state index is 10.7. The molecule has 76 valence electrons. The number of aromatic nitrogens is 1. The molecule has 0 atom stereocenters. The van der Waals surface area contributed by atoms with Crippen LogP contribution in [0.1, 0.15) is 0 Å². The molecule has 6 heteroatoms. The van der Waals surface area contributed by atoms with Crippen LogP contribution in [0.4, 0.5) is 5.82 Å². The van der Waals surface area contributed by atoms with Crippen molar-refractivity contribution < 1.29 is 9.66 Å². The number of hydrogen-bond donors (Lipinski definition) is 0. The topological polar surface area (TPSA) is 60.5 Å². The minimum atomic E-state index is -0.380. The molecule has 0 N–H and O–H groups in total. The van der Waals surface area contributed by atoms with Gasteiger partial charge in [-0.05, 0) is 11.0 Å². The highest BCUT2D eigenvalue weighted by Gasteiger charge is 2.20. The molecule has 0 unspecified atom stereocenters. The predicted molar refractivity (Wildman–Crippen MR) is 49.9 cm³/mol. The van der Waals surface area contributed by atoms with Crippen LogP contribution in [0.25, 0.3) is 0 Å². The van der Waals surface area contributed by atoms with E-state index in [1.807, 2.05) is 5.01 Å². The summed E-state index contributed by atoms with van der Waals surface area (Å²) in [6.45, 7) is 2.62. The largest absolute Gasteiger partial charge is 0.377 e. The van der Waals surface area contributed by atoms with Gasteiger partial charge in [0.05, 0.1) is 26.3 Å². The zero-order chi connectivity index (χ0) is 9.97. The van der Waals surface area contributed by atoms with Gasteiger partial charge < -0.3 is 14.9 Å². The molecule has 1 aromatic rings. The van der Waals surface area contributed by atoms with Gasteiger partial charge in [0.25, 0.3) is 0 Å². The summed E-state index contributed by atoms with van der Waals surface area (Å²) in [5, 5.41) is 12.6. The van der Waals surface area contributed by atoms with E-state index in [1.165, 1.54) is 6.07 Å². The molecule has 0 aliphatic carbocycles. The third kappa shape index (κ3) is 1.56. The first-order valence-corrected chi connectivity index (χ1v) is 4.44. The van der Waals surface area contributed by atoms with Crippen molar-refractivity contribution in [3.63, 3.8) is 0 Å². The Morgan fingerprint density at radius 3 is 2.79 bits per heavy atom. The summed E-state index contributed by atoms with van der Waals surface area (Å²) in [4.78, 5) is 10.3. The molecule has 0 bridgehead atoms. The zero-order valence-electron chi connectivity index (χ0n) is 7.63. The van der Waals surface area contributed by atoms with Gasteiger partial charge in [-0.15, -0.1) is 4.68 Å². The van der Waals surface area contributed by atoms with Gasteiger partial charge in [0, 0.05) is 6.07 Å². The Bertz CT molecular complexity index is 330. The Balaban J connectivity index is 2.21. The molecule has 1 aromatic heterocycles. The van der Waals surface area contributed by atoms with E-state index in [0.717, 1.165) is 0 Å². The summed E-state index contributed by atoms with van der Waals surface area (Å²) < 4.78 is 6.75. The first-order chi connectivity index (χ1) is 6.79. The van der Waals surface area contributed by atoms with Gasteiger partial charge in [0.15, 0.2) is 0 Å². The smallest absolute Gasteiger partial charge is 0.346 e. The van der Waals surface area contributed by atoms with Crippen LogP contribution in [0.3, 0.4) is 0 Å². The van der Waals surface area contributed by atoms with Gasteiger partial charge >= 0.3 is 5.82 Å². The van der Waals surface area contributed by atoms with Crippen molar-refractivity contribution in [1.82, 2.24) is 4.68 Å². The second-order valence-electron chi connectivity index (χ2n) is 3.03. The third-order valence-corrected chi connectivity index (χ3v) is 2.19. The number of rotatable bonds is 2. The van der Waals surface area contributed by atoms with E-state index >= 15 is 0 Å². The molecule has 1 fully saturated rings. The van der Waals surface area contributed by atoms with Gasteiger partial charge in [-0.25, -0.2) is 5.01 Å². The zero-order valence-corrected chi connectivity index (χ0v) is 7.63. The molecule has 2 heterocycles. The van der Waals surface area contributed by atoms with Crippen LogP contribution in [0.2, 0.25) is 0 Å². The Morgan fingerprint density at radius 1 is 1.43 bits per heavy atom. The molecule has 1 aliphatic rings. The van der Waals surface area contributed by atoms with E-state index in [2.05, 4.69) is 0 Å². The summed E-state index contributed by atoms with van der Waals surface area (Å²) in [5.41, 5.74) is 0. The van der Waals surface area contributed by atoms with Crippen molar-refractivity contribution in [2.75, 3.05) is 31.3 Å². The van der Waals surface area contributed by atoms with Crippen LogP contribution in [0, 0.1) is 10.1 Å². The molecular weight excluding hydrogens is 186 g/mol. The minimum absolute atomic E-state index is 0.104. The van der Waals surface area contributed by atoms with Crippen LogP contribution in [0.15, 0.2) is 18.3 Å². The molecule has 1 aliphatic heterocycles. The van der Waals surface area contributed by atoms with E-state index in [9.17, 15) is 10.1 Å². The lowest BCUT2D eigenvalue weighted by atomic mass is 10.5. The second kappa shape index (κ2) is 3.67. The number of nitrogens with zero attached hydrogens (tertiary/aromatic N) is 3. The Kier molecular flexibility index (Phi) is 2.36. The molecule has 0 spiro atoms. The van der Waals surface area contributed by atoms with Crippen molar-refractivity contribution in [2.45, 2.75) is 0 Å². The average molecular weight is 197 g/mol. The first kappa shape index (κ1) is 9.01. The van der Waals surface area contributed by atoms with E-state index in [-0.39, 0.29) is 10.7 Å². The van der Waals surface area contributed by atoms with Crippen molar-refractivity contribution >= 4 is 5.82 Å². The number of morpholine rings is 1. The summed E-state index contributed by atoms with van der Waals surface area (Å²) in [6, 6.07) is 3.17. The summed E-state index contributed by atoms with van der Waals surface area (Å²) in [6.07, 6.45) is 1.70. The highest BCUT2D eigenvalue weighted by molar-refractivity contribution is 5.24. The Morgan fingerprint density at radius 2 is 2.14 bits per heavy atom.